The highest BCUT2D eigenvalue weighted by Gasteiger charge is 2.57. The minimum Gasteiger partial charge on any atom is -0.462 e. The van der Waals surface area contributed by atoms with Crippen LogP contribution in [0.4, 0.5) is 0 Å². The number of carbonyl (C=O) groups excluding carboxylic acids is 1. The number of esters is 1. The van der Waals surface area contributed by atoms with Crippen LogP contribution in [0.25, 0.3) is 0 Å². The molecule has 0 bridgehead atoms. The van der Waals surface area contributed by atoms with Gasteiger partial charge in [0, 0.05) is 6.42 Å². The van der Waals surface area contributed by atoms with E-state index in [0.29, 0.717) is 18.4 Å². The smallest absolute Gasteiger partial charge is 0.372 e. The monoisotopic (exact) mass is 272 g/mol. The quantitative estimate of drug-likeness (QED) is 0.276. The molecule has 1 saturated heterocycles. The maximum Gasteiger partial charge on any atom is 0.372 e. The highest BCUT2D eigenvalue weighted by atomic mass is 17.4. The Labute approximate surface area is 116 Å². The zero-order valence-electron chi connectivity index (χ0n) is 12.8. The van der Waals surface area contributed by atoms with Crippen LogP contribution in [0.3, 0.4) is 0 Å². The number of ether oxygens (including phenoxy) is 1. The molecule has 0 saturated carbocycles. The number of carbonyl (C=O) groups is 1. The Morgan fingerprint density at radius 2 is 1.79 bits per heavy atom. The summed E-state index contributed by atoms with van der Waals surface area (Å²) in [4.78, 5) is 21.6. The summed E-state index contributed by atoms with van der Waals surface area (Å²) in [5.74, 6) is -1.44. The van der Waals surface area contributed by atoms with Crippen molar-refractivity contribution in [3.63, 3.8) is 0 Å². The molecule has 1 rings (SSSR count). The second-order valence-electron chi connectivity index (χ2n) is 6.53. The van der Waals surface area contributed by atoms with Crippen LogP contribution in [0.1, 0.15) is 72.6 Å². The fourth-order valence-corrected chi connectivity index (χ4v) is 1.94. The molecule has 0 spiro atoms. The van der Waals surface area contributed by atoms with Crippen molar-refractivity contribution in [1.29, 1.82) is 0 Å². The fraction of sp³-hybridized carbons (Fsp3) is 0.933. The molecule has 0 aliphatic carbocycles. The first kappa shape index (κ1) is 16.4. The molecule has 0 atom stereocenters. The molecule has 0 N–H and O–H groups in total. The van der Waals surface area contributed by atoms with E-state index in [-0.39, 0.29) is 5.97 Å². The number of unbranched alkanes of at least 4 members (excludes halogenated alkanes) is 3. The summed E-state index contributed by atoms with van der Waals surface area (Å²) in [6, 6.07) is 0. The molecule has 0 amide bonds. The van der Waals surface area contributed by atoms with Crippen LogP contribution in [0.15, 0.2) is 0 Å². The van der Waals surface area contributed by atoms with Crippen LogP contribution < -0.4 is 0 Å². The normalized spacial score (nSPS) is 17.3. The predicted octanol–water partition coefficient (Wildman–Crippen LogP) is 3.98. The van der Waals surface area contributed by atoms with Gasteiger partial charge in [0.1, 0.15) is 0 Å². The van der Waals surface area contributed by atoms with E-state index in [1.54, 1.807) is 0 Å². The summed E-state index contributed by atoms with van der Waals surface area (Å²) in [5, 5.41) is 0. The molecule has 1 aliphatic heterocycles. The average molecular weight is 272 g/mol. The van der Waals surface area contributed by atoms with E-state index in [9.17, 15) is 4.79 Å². The lowest BCUT2D eigenvalue weighted by molar-refractivity contribution is -0.151. The van der Waals surface area contributed by atoms with Crippen molar-refractivity contribution in [2.24, 2.45) is 5.41 Å². The number of hydrogen-bond donors (Lipinski definition) is 0. The Hall–Kier alpha value is -0.610. The fourth-order valence-electron chi connectivity index (χ4n) is 1.94. The van der Waals surface area contributed by atoms with Crippen molar-refractivity contribution >= 4 is 5.97 Å². The first-order valence-corrected chi connectivity index (χ1v) is 7.44. The van der Waals surface area contributed by atoms with Crippen molar-refractivity contribution in [1.82, 2.24) is 0 Å². The molecule has 112 valence electrons. The predicted molar refractivity (Wildman–Crippen MR) is 73.3 cm³/mol. The standard InChI is InChI=1S/C15H28O4/c1-5-6-9-12-17-13(16)15(18-19-15)11-8-7-10-14(2,3)4/h5-12H2,1-4H3. The molecule has 4 heteroatoms. The third-order valence-electron chi connectivity index (χ3n) is 3.26. The van der Waals surface area contributed by atoms with Crippen molar-refractivity contribution in [2.45, 2.75) is 78.4 Å². The summed E-state index contributed by atoms with van der Waals surface area (Å²) in [5.41, 5.74) is 0.332. The molecule has 0 radical (unpaired) electrons. The summed E-state index contributed by atoms with van der Waals surface area (Å²) in [6.45, 7) is 9.23. The van der Waals surface area contributed by atoms with Gasteiger partial charge < -0.3 is 4.74 Å². The van der Waals surface area contributed by atoms with E-state index in [1.807, 2.05) is 0 Å². The van der Waals surface area contributed by atoms with E-state index in [1.165, 1.54) is 0 Å². The molecule has 1 aliphatic rings. The van der Waals surface area contributed by atoms with Gasteiger partial charge in [0.2, 0.25) is 0 Å². The Morgan fingerprint density at radius 1 is 1.11 bits per heavy atom. The minimum atomic E-state index is -1.08. The van der Waals surface area contributed by atoms with E-state index in [0.717, 1.165) is 38.5 Å². The summed E-state index contributed by atoms with van der Waals surface area (Å²) >= 11 is 0. The summed E-state index contributed by atoms with van der Waals surface area (Å²) in [6.07, 6.45) is 6.81. The van der Waals surface area contributed by atoms with Gasteiger partial charge >= 0.3 is 11.8 Å². The molecule has 19 heavy (non-hydrogen) atoms. The van der Waals surface area contributed by atoms with Crippen LogP contribution in [0.5, 0.6) is 0 Å². The molecular formula is C15H28O4. The second-order valence-corrected chi connectivity index (χ2v) is 6.53. The van der Waals surface area contributed by atoms with E-state index in [4.69, 9.17) is 14.5 Å². The van der Waals surface area contributed by atoms with Crippen molar-refractivity contribution in [3.05, 3.63) is 0 Å². The van der Waals surface area contributed by atoms with Crippen LogP contribution in [-0.4, -0.2) is 18.4 Å². The highest BCUT2D eigenvalue weighted by molar-refractivity contribution is 5.79. The van der Waals surface area contributed by atoms with Gasteiger partial charge in [0.05, 0.1) is 6.61 Å². The van der Waals surface area contributed by atoms with Crippen molar-refractivity contribution in [3.8, 4) is 0 Å². The highest BCUT2D eigenvalue weighted by Crippen LogP contribution is 2.37. The maximum atomic E-state index is 11.8. The van der Waals surface area contributed by atoms with Crippen LogP contribution in [-0.2, 0) is 19.3 Å². The molecular weight excluding hydrogens is 244 g/mol. The topological polar surface area (TPSA) is 51.4 Å². The first-order chi connectivity index (χ1) is 8.90. The van der Waals surface area contributed by atoms with Gasteiger partial charge in [-0.3, -0.25) is 0 Å². The Kier molecular flexibility index (Phi) is 6.27. The number of rotatable bonds is 9. The third-order valence-corrected chi connectivity index (χ3v) is 3.26. The van der Waals surface area contributed by atoms with Gasteiger partial charge in [-0.25, -0.2) is 4.79 Å². The van der Waals surface area contributed by atoms with Crippen LogP contribution in [0.2, 0.25) is 0 Å². The molecule has 1 fully saturated rings. The number of hydrogen-bond acceptors (Lipinski definition) is 4. The molecule has 0 aromatic rings. The Balaban J connectivity index is 2.15. The van der Waals surface area contributed by atoms with Gasteiger partial charge in [-0.1, -0.05) is 47.0 Å². The van der Waals surface area contributed by atoms with Gasteiger partial charge in [0.25, 0.3) is 0 Å². The second kappa shape index (κ2) is 7.25. The minimum absolute atomic E-state index is 0.332. The lowest BCUT2D eigenvalue weighted by Crippen LogP contribution is -2.27. The van der Waals surface area contributed by atoms with Gasteiger partial charge in [-0.15, -0.1) is 0 Å². The summed E-state index contributed by atoms with van der Waals surface area (Å²) < 4.78 is 5.18. The largest absolute Gasteiger partial charge is 0.462 e. The SMILES string of the molecule is CCCCCOC(=O)C1(CCCCC(C)(C)C)OO1. The van der Waals surface area contributed by atoms with Crippen molar-refractivity contribution < 1.29 is 19.3 Å². The van der Waals surface area contributed by atoms with Crippen LogP contribution >= 0.6 is 0 Å². The third kappa shape index (κ3) is 6.39. The zero-order valence-corrected chi connectivity index (χ0v) is 12.8. The Morgan fingerprint density at radius 3 is 2.32 bits per heavy atom. The molecule has 1 heterocycles. The van der Waals surface area contributed by atoms with Crippen LogP contribution in [0, 0.1) is 5.41 Å². The Bertz CT molecular complexity index is 276. The van der Waals surface area contributed by atoms with Gasteiger partial charge in [-0.05, 0) is 24.7 Å². The van der Waals surface area contributed by atoms with Gasteiger partial charge in [-0.2, -0.15) is 9.78 Å². The summed E-state index contributed by atoms with van der Waals surface area (Å²) in [7, 11) is 0. The van der Waals surface area contributed by atoms with E-state index < -0.39 is 5.79 Å². The maximum absolute atomic E-state index is 11.8. The average Bonchev–Trinajstić information content (AvgIpc) is 3.10. The first-order valence-electron chi connectivity index (χ1n) is 7.44. The van der Waals surface area contributed by atoms with Gasteiger partial charge in [0.15, 0.2) is 0 Å². The van der Waals surface area contributed by atoms with E-state index >= 15 is 0 Å². The lowest BCUT2D eigenvalue weighted by Gasteiger charge is -2.17. The molecule has 0 aromatic carbocycles. The molecule has 4 nitrogen and oxygen atoms in total. The lowest BCUT2D eigenvalue weighted by atomic mass is 9.89. The van der Waals surface area contributed by atoms with E-state index in [2.05, 4.69) is 27.7 Å². The molecule has 0 aromatic heterocycles. The molecule has 0 unspecified atom stereocenters. The van der Waals surface area contributed by atoms with Crippen molar-refractivity contribution in [2.75, 3.05) is 6.61 Å². The zero-order chi connectivity index (χ0) is 14.4.